The third-order valence-electron chi connectivity index (χ3n) is 5.75. The molecule has 0 aliphatic carbocycles. The van der Waals surface area contributed by atoms with Crippen LogP contribution in [0.15, 0.2) is 47.3 Å². The molecule has 31 heavy (non-hydrogen) atoms. The number of rotatable bonds is 4. The fourth-order valence-corrected chi connectivity index (χ4v) is 4.25. The van der Waals surface area contributed by atoms with Crippen LogP contribution < -0.4 is 25.2 Å². The molecule has 2 aromatic carbocycles. The van der Waals surface area contributed by atoms with Crippen molar-refractivity contribution in [2.24, 2.45) is 5.92 Å². The zero-order valence-corrected chi connectivity index (χ0v) is 17.3. The average molecular weight is 420 g/mol. The lowest BCUT2D eigenvalue weighted by Crippen LogP contribution is -2.38. The molecule has 5 rings (SSSR count). The number of piperidine rings is 1. The molecule has 1 amide bonds. The van der Waals surface area contributed by atoms with Gasteiger partial charge >= 0.3 is 0 Å². The van der Waals surface area contributed by atoms with E-state index in [0.717, 1.165) is 30.7 Å². The van der Waals surface area contributed by atoms with E-state index < -0.39 is 0 Å². The first-order valence-corrected chi connectivity index (χ1v) is 10.5. The number of carbonyl (C=O) groups excluding carboxylic acids is 1. The Morgan fingerprint density at radius 1 is 1.16 bits per heavy atom. The molecule has 0 spiro atoms. The lowest BCUT2D eigenvalue weighted by molar-refractivity contribution is -0.117. The molecule has 2 aliphatic heterocycles. The summed E-state index contributed by atoms with van der Waals surface area (Å²) in [6.07, 6.45) is 2.27. The number of fused-ring (bicyclic) bond motifs is 2. The Bertz CT molecular complexity index is 1210. The lowest BCUT2D eigenvalue weighted by Gasteiger charge is -2.32. The third kappa shape index (κ3) is 3.81. The number of hydrogen-bond donors (Lipinski definition) is 1. The van der Waals surface area contributed by atoms with Gasteiger partial charge < -0.3 is 19.7 Å². The summed E-state index contributed by atoms with van der Waals surface area (Å²) in [4.78, 5) is 28.0. The number of anilines is 2. The number of aromatic nitrogens is 2. The van der Waals surface area contributed by atoms with E-state index in [9.17, 15) is 9.59 Å². The maximum atomic E-state index is 13.0. The van der Waals surface area contributed by atoms with Crippen LogP contribution in [-0.2, 0) is 11.3 Å². The molecule has 1 aromatic heterocycles. The molecule has 1 atom stereocenters. The summed E-state index contributed by atoms with van der Waals surface area (Å²) >= 11 is 0. The summed E-state index contributed by atoms with van der Waals surface area (Å²) in [5, 5.41) is 8.83. The highest BCUT2D eigenvalue weighted by atomic mass is 16.7. The molecular formula is C23H24N4O4. The Kier molecular flexibility index (Phi) is 4.97. The molecule has 8 nitrogen and oxygen atoms in total. The normalized spacial score (nSPS) is 17.7. The van der Waals surface area contributed by atoms with Crippen molar-refractivity contribution < 1.29 is 14.3 Å². The topological polar surface area (TPSA) is 85.7 Å². The highest BCUT2D eigenvalue weighted by Gasteiger charge is 2.22. The van der Waals surface area contributed by atoms with Crippen LogP contribution >= 0.6 is 0 Å². The van der Waals surface area contributed by atoms with Crippen LogP contribution in [0.2, 0.25) is 0 Å². The molecule has 2 aliphatic rings. The fourth-order valence-electron chi connectivity index (χ4n) is 4.25. The smallest absolute Gasteiger partial charge is 0.275 e. The van der Waals surface area contributed by atoms with Crippen molar-refractivity contribution in [1.82, 2.24) is 9.78 Å². The molecule has 0 unspecified atom stereocenters. The minimum atomic E-state index is -0.332. The van der Waals surface area contributed by atoms with E-state index in [-0.39, 0.29) is 24.8 Å². The first-order valence-electron chi connectivity index (χ1n) is 10.5. The van der Waals surface area contributed by atoms with Crippen molar-refractivity contribution in [2.45, 2.75) is 26.3 Å². The van der Waals surface area contributed by atoms with Crippen LogP contribution in [-0.4, -0.2) is 35.6 Å². The Morgan fingerprint density at radius 3 is 2.81 bits per heavy atom. The Balaban J connectivity index is 1.44. The molecule has 3 heterocycles. The Morgan fingerprint density at radius 2 is 1.97 bits per heavy atom. The molecular weight excluding hydrogens is 396 g/mol. The van der Waals surface area contributed by atoms with Gasteiger partial charge in [0.05, 0.1) is 5.39 Å². The van der Waals surface area contributed by atoms with Crippen LogP contribution in [0, 0.1) is 5.92 Å². The van der Waals surface area contributed by atoms with Crippen LogP contribution in [0.1, 0.15) is 19.8 Å². The molecule has 0 saturated carbocycles. The van der Waals surface area contributed by atoms with Gasteiger partial charge in [0, 0.05) is 30.2 Å². The summed E-state index contributed by atoms with van der Waals surface area (Å²) in [5.74, 6) is 2.22. The fraction of sp³-hybridized carbons (Fsp3) is 0.348. The average Bonchev–Trinajstić information content (AvgIpc) is 3.23. The van der Waals surface area contributed by atoms with E-state index in [2.05, 4.69) is 22.2 Å². The van der Waals surface area contributed by atoms with E-state index in [1.54, 1.807) is 24.3 Å². The molecule has 8 heteroatoms. The number of amides is 1. The summed E-state index contributed by atoms with van der Waals surface area (Å²) in [6, 6.07) is 12.7. The first-order chi connectivity index (χ1) is 15.1. The molecule has 3 aromatic rings. The zero-order chi connectivity index (χ0) is 21.4. The van der Waals surface area contributed by atoms with Crippen LogP contribution in [0.3, 0.4) is 0 Å². The molecule has 1 saturated heterocycles. The van der Waals surface area contributed by atoms with Crippen molar-refractivity contribution >= 4 is 28.2 Å². The van der Waals surface area contributed by atoms with E-state index >= 15 is 0 Å². The lowest BCUT2D eigenvalue weighted by atomic mass is 10.00. The van der Waals surface area contributed by atoms with Crippen LogP contribution in [0.4, 0.5) is 11.5 Å². The van der Waals surface area contributed by atoms with Gasteiger partial charge in [0.2, 0.25) is 12.7 Å². The maximum absolute atomic E-state index is 13.0. The Hall–Kier alpha value is -3.55. The van der Waals surface area contributed by atoms with Crippen molar-refractivity contribution in [1.29, 1.82) is 0 Å². The maximum Gasteiger partial charge on any atom is 0.275 e. The van der Waals surface area contributed by atoms with Gasteiger partial charge in [-0.25, -0.2) is 4.68 Å². The largest absolute Gasteiger partial charge is 0.454 e. The number of nitrogens with zero attached hydrogens (tertiary/aromatic N) is 3. The number of hydrogen-bond acceptors (Lipinski definition) is 6. The summed E-state index contributed by atoms with van der Waals surface area (Å²) in [6.45, 7) is 4.00. The molecule has 1 N–H and O–H groups in total. The van der Waals surface area contributed by atoms with Crippen molar-refractivity contribution in [3.63, 3.8) is 0 Å². The van der Waals surface area contributed by atoms with Gasteiger partial charge in [-0.15, -0.1) is 0 Å². The second kappa shape index (κ2) is 7.94. The molecule has 1 fully saturated rings. The first kappa shape index (κ1) is 19.4. The summed E-state index contributed by atoms with van der Waals surface area (Å²) < 4.78 is 11.9. The Labute approximate surface area is 179 Å². The molecule has 160 valence electrons. The van der Waals surface area contributed by atoms with Gasteiger partial charge in [-0.2, -0.15) is 5.10 Å². The SMILES string of the molecule is C[C@H]1CCCN(c2nn(CC(=O)Nc3ccc4c(c3)OCO4)c(=O)c3ccccc23)C1. The minimum absolute atomic E-state index is 0.168. The van der Waals surface area contributed by atoms with Gasteiger partial charge in [0.15, 0.2) is 17.3 Å². The van der Waals surface area contributed by atoms with Crippen molar-refractivity contribution in [3.05, 3.63) is 52.8 Å². The van der Waals surface area contributed by atoms with Crippen LogP contribution in [0.5, 0.6) is 11.5 Å². The molecule has 0 radical (unpaired) electrons. The van der Waals surface area contributed by atoms with E-state index in [1.807, 2.05) is 18.2 Å². The van der Waals surface area contributed by atoms with E-state index in [0.29, 0.717) is 28.5 Å². The second-order valence-electron chi connectivity index (χ2n) is 8.14. The third-order valence-corrected chi connectivity index (χ3v) is 5.75. The van der Waals surface area contributed by atoms with Gasteiger partial charge in [0.1, 0.15) is 6.54 Å². The van der Waals surface area contributed by atoms with Crippen molar-refractivity contribution in [2.75, 3.05) is 30.1 Å². The number of benzene rings is 2. The second-order valence-corrected chi connectivity index (χ2v) is 8.14. The predicted molar refractivity (Wildman–Crippen MR) is 118 cm³/mol. The summed E-state index contributed by atoms with van der Waals surface area (Å²) in [5.41, 5.74) is 0.304. The minimum Gasteiger partial charge on any atom is -0.454 e. The predicted octanol–water partition coefficient (Wildman–Crippen LogP) is 3.00. The monoisotopic (exact) mass is 420 g/mol. The highest BCUT2D eigenvalue weighted by molar-refractivity contribution is 5.93. The van der Waals surface area contributed by atoms with Gasteiger partial charge in [-0.1, -0.05) is 25.1 Å². The molecule has 0 bridgehead atoms. The highest BCUT2D eigenvalue weighted by Crippen LogP contribution is 2.34. The van der Waals surface area contributed by atoms with E-state index in [1.165, 1.54) is 11.1 Å². The number of ether oxygens (including phenoxy) is 2. The standard InChI is InChI=1S/C23H24N4O4/c1-15-5-4-10-26(12-15)22-17-6-2-3-7-18(17)23(29)27(25-22)13-21(28)24-16-8-9-19-20(11-16)31-14-30-19/h2-3,6-9,11,15H,4-5,10,12-14H2,1H3,(H,24,28)/t15-/m0/s1. The quantitative estimate of drug-likeness (QED) is 0.698. The van der Waals surface area contributed by atoms with Crippen LogP contribution in [0.25, 0.3) is 10.8 Å². The zero-order valence-electron chi connectivity index (χ0n) is 17.3. The van der Waals surface area contributed by atoms with Crippen molar-refractivity contribution in [3.8, 4) is 11.5 Å². The number of carbonyl (C=O) groups is 1. The van der Waals surface area contributed by atoms with Gasteiger partial charge in [0.25, 0.3) is 5.56 Å². The van der Waals surface area contributed by atoms with Gasteiger partial charge in [-0.05, 0) is 37.0 Å². The van der Waals surface area contributed by atoms with Gasteiger partial charge in [-0.3, -0.25) is 9.59 Å². The van der Waals surface area contributed by atoms with E-state index in [4.69, 9.17) is 9.47 Å². The number of nitrogens with one attached hydrogen (secondary N) is 1. The summed E-state index contributed by atoms with van der Waals surface area (Å²) in [7, 11) is 0.